The van der Waals surface area contributed by atoms with E-state index in [9.17, 15) is 9.18 Å². The van der Waals surface area contributed by atoms with Crippen LogP contribution in [0.15, 0.2) is 71.6 Å². The van der Waals surface area contributed by atoms with Crippen LogP contribution in [0.4, 0.5) is 10.1 Å². The second kappa shape index (κ2) is 6.43. The van der Waals surface area contributed by atoms with E-state index in [-0.39, 0.29) is 11.7 Å². The molecule has 1 heterocycles. The van der Waals surface area contributed by atoms with Crippen molar-refractivity contribution in [1.82, 2.24) is 0 Å². The maximum absolute atomic E-state index is 13.0. The van der Waals surface area contributed by atoms with Crippen molar-refractivity contribution in [2.24, 2.45) is 0 Å². The van der Waals surface area contributed by atoms with Gasteiger partial charge in [0.1, 0.15) is 5.82 Å². The number of hydrogen-bond acceptors (Lipinski definition) is 3. The molecule has 0 aromatic heterocycles. The first-order chi connectivity index (χ1) is 12.1. The summed E-state index contributed by atoms with van der Waals surface area (Å²) in [6.07, 6.45) is 1.74. The lowest BCUT2D eigenvalue weighted by Gasteiger charge is -2.15. The van der Waals surface area contributed by atoms with Crippen LogP contribution < -0.4 is 4.90 Å². The number of thioether (sulfide) groups is 1. The number of amides is 1. The number of hydrogen-bond donors (Lipinski definition) is 0. The summed E-state index contributed by atoms with van der Waals surface area (Å²) < 4.78 is 13.5. The molecule has 0 aliphatic carbocycles. The predicted octanol–water partition coefficient (Wildman–Crippen LogP) is 5.38. The van der Waals surface area contributed by atoms with E-state index in [0.29, 0.717) is 9.23 Å². The van der Waals surface area contributed by atoms with E-state index in [1.54, 1.807) is 23.1 Å². The van der Waals surface area contributed by atoms with Crippen LogP contribution in [0, 0.1) is 5.82 Å². The number of carbonyl (C=O) groups excluding carboxylic acids is 1. The summed E-state index contributed by atoms with van der Waals surface area (Å²) in [6.45, 7) is 0. The zero-order valence-corrected chi connectivity index (χ0v) is 14.6. The van der Waals surface area contributed by atoms with E-state index in [4.69, 9.17) is 12.2 Å². The summed E-state index contributed by atoms with van der Waals surface area (Å²) in [5.41, 5.74) is 1.52. The highest BCUT2D eigenvalue weighted by Gasteiger charge is 2.33. The molecule has 4 rings (SSSR count). The van der Waals surface area contributed by atoms with E-state index in [0.717, 1.165) is 22.0 Å². The Bertz CT molecular complexity index is 1030. The van der Waals surface area contributed by atoms with Crippen molar-refractivity contribution in [3.63, 3.8) is 0 Å². The Kier molecular flexibility index (Phi) is 4.11. The van der Waals surface area contributed by atoms with Gasteiger partial charge in [-0.25, -0.2) is 4.39 Å². The highest BCUT2D eigenvalue weighted by molar-refractivity contribution is 8.27. The topological polar surface area (TPSA) is 20.3 Å². The minimum Gasteiger partial charge on any atom is -0.268 e. The number of benzene rings is 3. The molecule has 3 aromatic carbocycles. The second-order valence-corrected chi connectivity index (χ2v) is 7.28. The first-order valence-electron chi connectivity index (χ1n) is 7.64. The zero-order chi connectivity index (χ0) is 17.4. The van der Waals surface area contributed by atoms with Crippen molar-refractivity contribution in [2.75, 3.05) is 4.90 Å². The molecule has 0 bridgehead atoms. The van der Waals surface area contributed by atoms with Gasteiger partial charge in [-0.2, -0.15) is 0 Å². The van der Waals surface area contributed by atoms with Crippen LogP contribution in [-0.2, 0) is 4.79 Å². The summed E-state index contributed by atoms with van der Waals surface area (Å²) in [7, 11) is 0. The minimum atomic E-state index is -0.305. The van der Waals surface area contributed by atoms with Gasteiger partial charge in [-0.05, 0) is 46.7 Å². The van der Waals surface area contributed by atoms with E-state index in [2.05, 4.69) is 0 Å². The fourth-order valence-electron chi connectivity index (χ4n) is 2.72. The number of carbonyl (C=O) groups is 1. The maximum Gasteiger partial charge on any atom is 0.270 e. The summed E-state index contributed by atoms with van der Waals surface area (Å²) >= 11 is 6.66. The third-order valence-electron chi connectivity index (χ3n) is 3.95. The Morgan fingerprint density at radius 3 is 2.44 bits per heavy atom. The lowest BCUT2D eigenvalue weighted by Crippen LogP contribution is -2.27. The summed E-state index contributed by atoms with van der Waals surface area (Å²) in [6, 6.07) is 19.8. The first kappa shape index (κ1) is 16.0. The highest BCUT2D eigenvalue weighted by atomic mass is 32.2. The Morgan fingerprint density at radius 1 is 0.960 bits per heavy atom. The fourth-order valence-corrected chi connectivity index (χ4v) is 4.02. The molecular formula is C20H12FNOS2. The molecule has 1 amide bonds. The lowest BCUT2D eigenvalue weighted by molar-refractivity contribution is -0.113. The Hall–Kier alpha value is -2.50. The Balaban J connectivity index is 1.69. The number of nitrogens with zero attached hydrogens (tertiary/aromatic N) is 1. The zero-order valence-electron chi connectivity index (χ0n) is 13.0. The molecule has 122 valence electrons. The molecule has 1 saturated heterocycles. The van der Waals surface area contributed by atoms with Gasteiger partial charge in [0.15, 0.2) is 4.32 Å². The summed E-state index contributed by atoms with van der Waals surface area (Å²) in [5.74, 6) is -0.463. The number of anilines is 1. The predicted molar refractivity (Wildman–Crippen MR) is 106 cm³/mol. The number of thiocarbonyl (C=S) groups is 1. The second-order valence-electron chi connectivity index (χ2n) is 5.60. The van der Waals surface area contributed by atoms with Crippen LogP contribution in [-0.4, -0.2) is 10.2 Å². The smallest absolute Gasteiger partial charge is 0.268 e. The molecular weight excluding hydrogens is 353 g/mol. The molecule has 2 nitrogen and oxygen atoms in total. The van der Waals surface area contributed by atoms with Crippen LogP contribution >= 0.6 is 24.0 Å². The van der Waals surface area contributed by atoms with Crippen molar-refractivity contribution in [3.8, 4) is 0 Å². The van der Waals surface area contributed by atoms with Crippen molar-refractivity contribution in [2.45, 2.75) is 0 Å². The van der Waals surface area contributed by atoms with E-state index in [1.165, 1.54) is 23.9 Å². The van der Waals surface area contributed by atoms with Gasteiger partial charge in [0, 0.05) is 0 Å². The van der Waals surface area contributed by atoms with E-state index >= 15 is 0 Å². The lowest BCUT2D eigenvalue weighted by atomic mass is 10.1. The Morgan fingerprint density at radius 2 is 1.68 bits per heavy atom. The number of halogens is 1. The van der Waals surface area contributed by atoms with Gasteiger partial charge in [0.05, 0.1) is 10.6 Å². The summed E-state index contributed by atoms with van der Waals surface area (Å²) in [4.78, 5) is 14.9. The molecule has 5 heteroatoms. The molecule has 0 atom stereocenters. The van der Waals surface area contributed by atoms with Crippen LogP contribution in [0.25, 0.3) is 16.8 Å². The highest BCUT2D eigenvalue weighted by Crippen LogP contribution is 2.36. The van der Waals surface area contributed by atoms with E-state index < -0.39 is 0 Å². The minimum absolute atomic E-state index is 0.158. The van der Waals surface area contributed by atoms with Gasteiger partial charge in [0.2, 0.25) is 0 Å². The van der Waals surface area contributed by atoms with Gasteiger partial charge >= 0.3 is 0 Å². The monoisotopic (exact) mass is 365 g/mol. The molecule has 0 N–H and O–H groups in total. The van der Waals surface area contributed by atoms with Crippen molar-refractivity contribution >= 4 is 56.7 Å². The van der Waals surface area contributed by atoms with Gasteiger partial charge in [0.25, 0.3) is 5.91 Å². The molecule has 1 fully saturated rings. The van der Waals surface area contributed by atoms with Gasteiger partial charge in [-0.15, -0.1) is 0 Å². The molecule has 3 aromatic rings. The third-order valence-corrected chi connectivity index (χ3v) is 5.25. The first-order valence-corrected chi connectivity index (χ1v) is 8.87. The van der Waals surface area contributed by atoms with Crippen molar-refractivity contribution in [3.05, 3.63) is 83.0 Å². The standard InChI is InChI=1S/C20H12FNOS2/c21-16-8-5-13(6-9-16)11-18-19(23)22(20(24)25-18)17-10-7-14-3-1-2-4-15(14)12-17/h1-12H/b18-11-. The Labute approximate surface area is 154 Å². The van der Waals surface area contributed by atoms with Gasteiger partial charge in [-0.1, -0.05) is 66.4 Å². The van der Waals surface area contributed by atoms with Crippen LogP contribution in [0.2, 0.25) is 0 Å². The number of rotatable bonds is 2. The van der Waals surface area contributed by atoms with Crippen LogP contribution in [0.3, 0.4) is 0 Å². The normalized spacial score (nSPS) is 16.2. The molecule has 1 aliphatic rings. The SMILES string of the molecule is O=C1/C(=C/c2ccc(F)cc2)SC(=S)N1c1ccc2ccccc2c1. The van der Waals surface area contributed by atoms with Crippen LogP contribution in [0.1, 0.15) is 5.56 Å². The van der Waals surface area contributed by atoms with Gasteiger partial charge < -0.3 is 0 Å². The third kappa shape index (κ3) is 3.08. The molecule has 1 aliphatic heterocycles. The quantitative estimate of drug-likeness (QED) is 0.449. The van der Waals surface area contributed by atoms with Crippen molar-refractivity contribution < 1.29 is 9.18 Å². The molecule has 25 heavy (non-hydrogen) atoms. The molecule has 0 unspecified atom stereocenters. The molecule has 0 spiro atoms. The summed E-state index contributed by atoms with van der Waals surface area (Å²) in [5, 5.41) is 2.16. The molecule has 0 radical (unpaired) electrons. The number of fused-ring (bicyclic) bond motifs is 1. The fraction of sp³-hybridized carbons (Fsp3) is 0. The average molecular weight is 365 g/mol. The van der Waals surface area contributed by atoms with Crippen molar-refractivity contribution in [1.29, 1.82) is 0 Å². The van der Waals surface area contributed by atoms with Gasteiger partial charge in [-0.3, -0.25) is 9.69 Å². The van der Waals surface area contributed by atoms with Crippen LogP contribution in [0.5, 0.6) is 0 Å². The average Bonchev–Trinajstić information content (AvgIpc) is 2.90. The largest absolute Gasteiger partial charge is 0.270 e. The molecule has 0 saturated carbocycles. The maximum atomic E-state index is 13.0. The van der Waals surface area contributed by atoms with E-state index in [1.807, 2.05) is 42.5 Å².